The van der Waals surface area contributed by atoms with Crippen molar-refractivity contribution in [1.82, 2.24) is 16.1 Å². The zero-order valence-corrected chi connectivity index (χ0v) is 15.0. The van der Waals surface area contributed by atoms with E-state index < -0.39 is 23.4 Å². The molecule has 138 valence electrons. The third kappa shape index (κ3) is 6.23. The van der Waals surface area contributed by atoms with Gasteiger partial charge in [-0.2, -0.15) is 0 Å². The Hall–Kier alpha value is -2.84. The van der Waals surface area contributed by atoms with E-state index >= 15 is 0 Å². The van der Waals surface area contributed by atoms with Gasteiger partial charge < -0.3 is 15.7 Å². The zero-order valence-electron chi connectivity index (χ0n) is 15.0. The first-order chi connectivity index (χ1) is 12.4. The van der Waals surface area contributed by atoms with Gasteiger partial charge in [0.05, 0.1) is 6.61 Å². The van der Waals surface area contributed by atoms with Gasteiger partial charge in [-0.15, -0.1) is 0 Å². The lowest BCUT2D eigenvalue weighted by Gasteiger charge is -2.32. The Labute approximate surface area is 153 Å². The highest BCUT2D eigenvalue weighted by molar-refractivity contribution is 5.97. The van der Waals surface area contributed by atoms with E-state index in [-0.39, 0.29) is 6.61 Å². The van der Waals surface area contributed by atoms with Crippen molar-refractivity contribution in [2.24, 2.45) is 0 Å². The second-order valence-electron chi connectivity index (χ2n) is 5.96. The van der Waals surface area contributed by atoms with E-state index in [0.29, 0.717) is 17.5 Å². The first-order valence-corrected chi connectivity index (χ1v) is 7.99. The molecule has 1 aromatic carbocycles. The molecule has 1 atom stereocenters. The molecule has 2 amide bonds. The van der Waals surface area contributed by atoms with Crippen LogP contribution in [0.3, 0.4) is 0 Å². The molecule has 1 rings (SSSR count). The van der Waals surface area contributed by atoms with Gasteiger partial charge in [0, 0.05) is 23.1 Å². The Morgan fingerprint density at radius 1 is 1.19 bits per heavy atom. The molecule has 0 aliphatic rings. The quantitative estimate of drug-likeness (QED) is 0.280. The average molecular weight is 357 g/mol. The van der Waals surface area contributed by atoms with Crippen LogP contribution >= 0.6 is 0 Å². The number of aliphatic hydroxyl groups excluding tert-OH is 1. The van der Waals surface area contributed by atoms with Gasteiger partial charge in [0.1, 0.15) is 6.04 Å². The Morgan fingerprint density at radius 2 is 1.85 bits per heavy atom. The number of carbonyl (C=O) groups is 2. The Bertz CT molecular complexity index is 749. The molecule has 5 N–H and O–H groups in total. The van der Waals surface area contributed by atoms with Crippen molar-refractivity contribution < 1.29 is 19.9 Å². The zero-order chi connectivity index (χ0) is 19.6. The maximum atomic E-state index is 12.4. The highest BCUT2D eigenvalue weighted by atomic mass is 16.5. The number of hydroxylamine groups is 1. The molecule has 0 radical (unpaired) electrons. The summed E-state index contributed by atoms with van der Waals surface area (Å²) in [6, 6.07) is 5.52. The molecular formula is C19H23N3O4. The van der Waals surface area contributed by atoms with Crippen LogP contribution in [-0.4, -0.2) is 47.4 Å². The van der Waals surface area contributed by atoms with E-state index in [1.165, 1.54) is 0 Å². The van der Waals surface area contributed by atoms with E-state index in [0.717, 1.165) is 0 Å². The fourth-order valence-electron chi connectivity index (χ4n) is 1.97. The summed E-state index contributed by atoms with van der Waals surface area (Å²) >= 11 is 0. The Balaban J connectivity index is 2.87. The lowest BCUT2D eigenvalue weighted by Crippen LogP contribution is -2.62. The lowest BCUT2D eigenvalue weighted by molar-refractivity contribution is -0.132. The molecule has 26 heavy (non-hydrogen) atoms. The molecule has 0 bridgehead atoms. The van der Waals surface area contributed by atoms with Gasteiger partial charge in [0.15, 0.2) is 0 Å². The molecule has 0 saturated heterocycles. The van der Waals surface area contributed by atoms with Crippen molar-refractivity contribution in [3.05, 3.63) is 35.4 Å². The van der Waals surface area contributed by atoms with Crippen molar-refractivity contribution in [2.45, 2.75) is 31.8 Å². The molecule has 0 fully saturated rings. The van der Waals surface area contributed by atoms with Crippen molar-refractivity contribution in [3.8, 4) is 23.7 Å². The molecule has 1 aromatic rings. The van der Waals surface area contributed by atoms with Crippen LogP contribution in [0.15, 0.2) is 24.3 Å². The summed E-state index contributed by atoms with van der Waals surface area (Å²) in [7, 11) is 1.65. The average Bonchev–Trinajstić information content (AvgIpc) is 2.65. The van der Waals surface area contributed by atoms with Crippen LogP contribution in [-0.2, 0) is 4.79 Å². The number of likely N-dealkylation sites (N-methyl/N-ethyl adjacent to an activating group) is 1. The number of hydrogen-bond acceptors (Lipinski definition) is 5. The van der Waals surface area contributed by atoms with E-state index in [2.05, 4.69) is 34.3 Å². The minimum atomic E-state index is -0.980. The van der Waals surface area contributed by atoms with E-state index in [9.17, 15) is 9.59 Å². The molecular weight excluding hydrogens is 334 g/mol. The number of carbonyl (C=O) groups excluding carboxylic acids is 2. The molecule has 0 aromatic heterocycles. The minimum Gasteiger partial charge on any atom is -0.395 e. The van der Waals surface area contributed by atoms with Gasteiger partial charge in [0.25, 0.3) is 11.8 Å². The molecule has 0 aliphatic heterocycles. The molecule has 7 heteroatoms. The molecule has 7 nitrogen and oxygen atoms in total. The lowest BCUT2D eigenvalue weighted by atomic mass is 9.93. The van der Waals surface area contributed by atoms with Gasteiger partial charge >= 0.3 is 0 Å². The summed E-state index contributed by atoms with van der Waals surface area (Å²) in [4.78, 5) is 24.3. The van der Waals surface area contributed by atoms with Crippen LogP contribution in [0, 0.1) is 23.7 Å². The SMILES string of the molecule is CNC(C)(C)C(NC(=O)c1ccc(C#CC#CCCO)cc1)C(=O)NO. The molecule has 1 unspecified atom stereocenters. The van der Waals surface area contributed by atoms with Gasteiger partial charge in [-0.1, -0.05) is 11.8 Å². The number of aliphatic hydroxyl groups is 1. The van der Waals surface area contributed by atoms with E-state index in [1.807, 2.05) is 0 Å². The first kappa shape index (κ1) is 21.2. The number of amides is 2. The fraction of sp³-hybridized carbons (Fsp3) is 0.368. The van der Waals surface area contributed by atoms with Crippen molar-refractivity contribution in [2.75, 3.05) is 13.7 Å². The largest absolute Gasteiger partial charge is 0.395 e. The predicted octanol–water partition coefficient (Wildman–Crippen LogP) is 0.0257. The summed E-state index contributed by atoms with van der Waals surface area (Å²) in [6.45, 7) is 3.45. The number of rotatable bonds is 6. The number of benzene rings is 1. The second-order valence-corrected chi connectivity index (χ2v) is 5.96. The van der Waals surface area contributed by atoms with E-state index in [4.69, 9.17) is 10.3 Å². The fourth-order valence-corrected chi connectivity index (χ4v) is 1.97. The van der Waals surface area contributed by atoms with Crippen LogP contribution < -0.4 is 16.1 Å². The maximum absolute atomic E-state index is 12.4. The topological polar surface area (TPSA) is 111 Å². The van der Waals surface area contributed by atoms with Crippen LogP contribution in [0.2, 0.25) is 0 Å². The summed E-state index contributed by atoms with van der Waals surface area (Å²) in [6.07, 6.45) is 0.374. The van der Waals surface area contributed by atoms with Crippen LogP contribution in [0.1, 0.15) is 36.2 Å². The first-order valence-electron chi connectivity index (χ1n) is 7.99. The van der Waals surface area contributed by atoms with Crippen LogP contribution in [0.5, 0.6) is 0 Å². The summed E-state index contributed by atoms with van der Waals surface area (Å²) in [5.74, 6) is 9.61. The summed E-state index contributed by atoms with van der Waals surface area (Å²) in [5.41, 5.74) is 1.82. The van der Waals surface area contributed by atoms with Crippen LogP contribution in [0.4, 0.5) is 0 Å². The van der Waals surface area contributed by atoms with Crippen molar-refractivity contribution in [3.63, 3.8) is 0 Å². The number of hydrogen-bond donors (Lipinski definition) is 5. The smallest absolute Gasteiger partial charge is 0.267 e. The van der Waals surface area contributed by atoms with Gasteiger partial charge in [-0.3, -0.25) is 14.8 Å². The third-order valence-corrected chi connectivity index (χ3v) is 3.76. The minimum absolute atomic E-state index is 0.00184. The summed E-state index contributed by atoms with van der Waals surface area (Å²) < 4.78 is 0. The van der Waals surface area contributed by atoms with Crippen molar-refractivity contribution in [1.29, 1.82) is 0 Å². The molecule has 0 spiro atoms. The predicted molar refractivity (Wildman–Crippen MR) is 97.1 cm³/mol. The Morgan fingerprint density at radius 3 is 2.38 bits per heavy atom. The maximum Gasteiger partial charge on any atom is 0.267 e. The highest BCUT2D eigenvalue weighted by Crippen LogP contribution is 2.11. The molecule has 0 heterocycles. The third-order valence-electron chi connectivity index (χ3n) is 3.76. The summed E-state index contributed by atoms with van der Waals surface area (Å²) in [5, 5.41) is 23.0. The van der Waals surface area contributed by atoms with Crippen molar-refractivity contribution >= 4 is 11.8 Å². The highest BCUT2D eigenvalue weighted by Gasteiger charge is 2.35. The van der Waals surface area contributed by atoms with Gasteiger partial charge in [-0.25, -0.2) is 5.48 Å². The number of nitrogens with one attached hydrogen (secondary N) is 3. The normalized spacial score (nSPS) is 11.3. The second kappa shape index (κ2) is 10.2. The molecule has 0 aliphatic carbocycles. The standard InChI is InChI=1S/C19H23N3O4/c1-19(2,20-3)16(18(25)22-26)21-17(24)15-11-9-14(10-12-15)8-6-4-5-7-13-23/h9-12,16,20,23,26H,7,13H2,1-3H3,(H,21,24)(H,22,25). The Kier molecular flexibility index (Phi) is 8.33. The monoisotopic (exact) mass is 357 g/mol. The van der Waals surface area contributed by atoms with Gasteiger partial charge in [-0.05, 0) is 57.0 Å². The van der Waals surface area contributed by atoms with E-state index in [1.54, 1.807) is 50.6 Å². The molecule has 0 saturated carbocycles. The van der Waals surface area contributed by atoms with Gasteiger partial charge in [0.2, 0.25) is 0 Å². The van der Waals surface area contributed by atoms with Crippen LogP contribution in [0.25, 0.3) is 0 Å².